The third kappa shape index (κ3) is 3.32. The van der Waals surface area contributed by atoms with Crippen LogP contribution in [0, 0.1) is 33.5 Å². The minimum absolute atomic E-state index is 0.100. The maximum absolute atomic E-state index is 13.8. The van der Waals surface area contributed by atoms with Crippen molar-refractivity contribution in [2.45, 2.75) is 54.1 Å². The summed E-state index contributed by atoms with van der Waals surface area (Å²) in [7, 11) is 0. The number of carbonyl (C=O) groups is 1. The molecule has 30 heavy (non-hydrogen) atoms. The molecule has 0 radical (unpaired) electrons. The quantitative estimate of drug-likeness (QED) is 0.494. The third-order valence-corrected chi connectivity index (χ3v) is 6.51. The van der Waals surface area contributed by atoms with Gasteiger partial charge in [0.25, 0.3) is 5.91 Å². The Morgan fingerprint density at radius 3 is 2.20 bits per heavy atom. The molecule has 0 spiro atoms. The van der Waals surface area contributed by atoms with E-state index in [1.54, 1.807) is 6.07 Å². The van der Waals surface area contributed by atoms with E-state index >= 15 is 0 Å². The van der Waals surface area contributed by atoms with Crippen LogP contribution in [0.5, 0.6) is 0 Å². The van der Waals surface area contributed by atoms with Crippen LogP contribution in [0.2, 0.25) is 0 Å². The number of amides is 1. The first-order valence-electron chi connectivity index (χ1n) is 10.6. The number of carbonyl (C=O) groups excluding carboxylic acids is 1. The molecule has 3 aromatic carbocycles. The van der Waals surface area contributed by atoms with E-state index in [0.717, 1.165) is 12.0 Å². The summed E-state index contributed by atoms with van der Waals surface area (Å²) in [5, 5.41) is 0. The van der Waals surface area contributed by atoms with Crippen molar-refractivity contribution in [1.29, 1.82) is 0 Å². The van der Waals surface area contributed by atoms with E-state index in [1.165, 1.54) is 56.6 Å². The topological polar surface area (TPSA) is 20.3 Å². The summed E-state index contributed by atoms with van der Waals surface area (Å²) in [4.78, 5) is 15.1. The number of aryl methyl sites for hydroxylation is 2. The second-order valence-electron chi connectivity index (χ2n) is 8.40. The monoisotopic (exact) mass is 401 g/mol. The second-order valence-corrected chi connectivity index (χ2v) is 8.40. The summed E-state index contributed by atoms with van der Waals surface area (Å²) in [5.74, 6) is -0.472. The van der Waals surface area contributed by atoms with Crippen molar-refractivity contribution < 1.29 is 9.18 Å². The van der Waals surface area contributed by atoms with E-state index in [4.69, 9.17) is 0 Å². The number of hydrogen-bond donors (Lipinski definition) is 0. The maximum atomic E-state index is 13.8. The van der Waals surface area contributed by atoms with Gasteiger partial charge in [0.2, 0.25) is 0 Å². The van der Waals surface area contributed by atoms with Crippen LogP contribution in [-0.4, -0.2) is 10.8 Å². The Hall–Kier alpha value is -2.94. The Balaban J connectivity index is 1.79. The highest BCUT2D eigenvalue weighted by Crippen LogP contribution is 2.40. The van der Waals surface area contributed by atoms with Crippen molar-refractivity contribution in [2.75, 3.05) is 0 Å². The predicted octanol–water partition coefficient (Wildman–Crippen LogP) is 6.44. The summed E-state index contributed by atoms with van der Waals surface area (Å²) in [6.07, 6.45) is 0.945. The molecule has 0 unspecified atom stereocenters. The van der Waals surface area contributed by atoms with Crippen LogP contribution in [0.3, 0.4) is 0 Å². The van der Waals surface area contributed by atoms with Crippen LogP contribution in [0.15, 0.2) is 42.5 Å². The Morgan fingerprint density at radius 1 is 0.933 bits per heavy atom. The van der Waals surface area contributed by atoms with E-state index in [-0.39, 0.29) is 11.7 Å². The zero-order valence-electron chi connectivity index (χ0n) is 18.4. The number of halogens is 1. The van der Waals surface area contributed by atoms with Gasteiger partial charge in [0.05, 0.1) is 0 Å². The minimum atomic E-state index is -0.372. The van der Waals surface area contributed by atoms with Crippen molar-refractivity contribution in [1.82, 2.24) is 4.90 Å². The summed E-state index contributed by atoms with van der Waals surface area (Å²) in [6, 6.07) is 13.1. The van der Waals surface area contributed by atoms with E-state index < -0.39 is 0 Å². The highest BCUT2D eigenvalue weighted by molar-refractivity contribution is 5.96. The van der Waals surface area contributed by atoms with E-state index in [9.17, 15) is 9.18 Å². The Bertz CT molecular complexity index is 1140. The van der Waals surface area contributed by atoms with Crippen LogP contribution in [-0.2, 0) is 19.5 Å². The van der Waals surface area contributed by atoms with Gasteiger partial charge in [0, 0.05) is 18.7 Å². The first-order valence-corrected chi connectivity index (χ1v) is 10.6. The first kappa shape index (κ1) is 20.3. The van der Waals surface area contributed by atoms with Gasteiger partial charge in [-0.2, -0.15) is 0 Å². The van der Waals surface area contributed by atoms with Gasteiger partial charge in [-0.05, 0) is 90.8 Å². The standard InChI is InChI=1S/C27H28FNO/c1-6-22-18(4)24-14-29(27(30)23-13-21(28)12-9-17(23)3)15-25(24)19(5)26(22)20-10-7-16(2)8-11-20/h7-13H,6,14-15H2,1-5H3. The lowest BCUT2D eigenvalue weighted by Crippen LogP contribution is -2.26. The van der Waals surface area contributed by atoms with E-state index in [0.29, 0.717) is 18.7 Å². The fraction of sp³-hybridized carbons (Fsp3) is 0.296. The second kappa shape index (κ2) is 7.71. The van der Waals surface area contributed by atoms with Gasteiger partial charge in [0.1, 0.15) is 5.82 Å². The lowest BCUT2D eigenvalue weighted by Gasteiger charge is -2.19. The highest BCUT2D eigenvalue weighted by Gasteiger charge is 2.30. The Labute approximate surface area is 178 Å². The van der Waals surface area contributed by atoms with Gasteiger partial charge < -0.3 is 4.90 Å². The van der Waals surface area contributed by atoms with Crippen LogP contribution < -0.4 is 0 Å². The van der Waals surface area contributed by atoms with Gasteiger partial charge in [0.15, 0.2) is 0 Å². The van der Waals surface area contributed by atoms with Crippen molar-refractivity contribution >= 4 is 5.91 Å². The molecule has 0 fully saturated rings. The molecule has 3 heteroatoms. The van der Waals surface area contributed by atoms with E-state index in [2.05, 4.69) is 52.0 Å². The summed E-state index contributed by atoms with van der Waals surface area (Å²) in [5.41, 5.74) is 11.4. The van der Waals surface area contributed by atoms with Crippen molar-refractivity contribution in [3.63, 3.8) is 0 Å². The number of benzene rings is 3. The number of nitrogens with zero attached hydrogens (tertiary/aromatic N) is 1. The Morgan fingerprint density at radius 2 is 1.57 bits per heavy atom. The number of fused-ring (bicyclic) bond motifs is 1. The average molecular weight is 402 g/mol. The van der Waals surface area contributed by atoms with Crippen molar-refractivity contribution in [3.05, 3.63) is 92.8 Å². The SMILES string of the molecule is CCc1c(C)c2c(c(C)c1-c1ccc(C)cc1)CN(C(=O)c1cc(F)ccc1C)C2. The van der Waals surface area contributed by atoms with Gasteiger partial charge in [-0.3, -0.25) is 4.79 Å². The average Bonchev–Trinajstić information content (AvgIpc) is 3.19. The molecular formula is C27H28FNO. The molecule has 1 heterocycles. The molecule has 3 aromatic rings. The molecular weight excluding hydrogens is 373 g/mol. The Kier molecular flexibility index (Phi) is 5.23. The smallest absolute Gasteiger partial charge is 0.254 e. The fourth-order valence-corrected chi connectivity index (χ4v) is 4.76. The van der Waals surface area contributed by atoms with Gasteiger partial charge in [-0.15, -0.1) is 0 Å². The summed E-state index contributed by atoms with van der Waals surface area (Å²) in [6.45, 7) is 11.7. The normalized spacial score (nSPS) is 12.9. The fourth-order valence-electron chi connectivity index (χ4n) is 4.76. The van der Waals surface area contributed by atoms with E-state index in [1.807, 2.05) is 11.8 Å². The minimum Gasteiger partial charge on any atom is -0.330 e. The molecule has 1 aliphatic rings. The maximum Gasteiger partial charge on any atom is 0.254 e. The van der Waals surface area contributed by atoms with Gasteiger partial charge in [-0.1, -0.05) is 42.8 Å². The largest absolute Gasteiger partial charge is 0.330 e. The first-order chi connectivity index (χ1) is 14.3. The molecule has 0 saturated heterocycles. The molecule has 2 nitrogen and oxygen atoms in total. The molecule has 0 aromatic heterocycles. The third-order valence-electron chi connectivity index (χ3n) is 6.51. The van der Waals surface area contributed by atoms with Crippen LogP contribution >= 0.6 is 0 Å². The number of rotatable bonds is 3. The summed E-state index contributed by atoms with van der Waals surface area (Å²) >= 11 is 0. The lowest BCUT2D eigenvalue weighted by atomic mass is 9.84. The lowest BCUT2D eigenvalue weighted by molar-refractivity contribution is 0.0750. The van der Waals surface area contributed by atoms with Gasteiger partial charge in [-0.25, -0.2) is 4.39 Å². The molecule has 154 valence electrons. The molecule has 0 aliphatic carbocycles. The highest BCUT2D eigenvalue weighted by atomic mass is 19.1. The molecule has 4 rings (SSSR count). The van der Waals surface area contributed by atoms with Crippen LogP contribution in [0.1, 0.15) is 56.2 Å². The molecule has 0 bridgehead atoms. The van der Waals surface area contributed by atoms with Crippen molar-refractivity contribution in [3.8, 4) is 11.1 Å². The number of hydrogen-bond acceptors (Lipinski definition) is 1. The predicted molar refractivity (Wildman–Crippen MR) is 120 cm³/mol. The van der Waals surface area contributed by atoms with Crippen molar-refractivity contribution in [2.24, 2.45) is 0 Å². The molecule has 0 atom stereocenters. The van der Waals surface area contributed by atoms with Gasteiger partial charge >= 0.3 is 0 Å². The molecule has 1 aliphatic heterocycles. The van der Waals surface area contributed by atoms with Crippen LogP contribution in [0.4, 0.5) is 4.39 Å². The molecule has 0 N–H and O–H groups in total. The summed E-state index contributed by atoms with van der Waals surface area (Å²) < 4.78 is 13.8. The molecule has 0 saturated carbocycles. The van der Waals surface area contributed by atoms with Crippen LogP contribution in [0.25, 0.3) is 11.1 Å². The molecule has 1 amide bonds. The zero-order chi connectivity index (χ0) is 21.6. The zero-order valence-corrected chi connectivity index (χ0v) is 18.4.